The molecule has 0 saturated heterocycles. The van der Waals surface area contributed by atoms with E-state index in [-0.39, 0.29) is 29.7 Å². The van der Waals surface area contributed by atoms with Gasteiger partial charge in [0.05, 0.1) is 4.92 Å². The van der Waals surface area contributed by atoms with Crippen LogP contribution in [0, 0.1) is 15.9 Å². The first kappa shape index (κ1) is 22.5. The molecule has 0 aromatic heterocycles. The molecule has 4 N–H and O–H groups in total. The molecule has 0 radical (unpaired) electrons. The fraction of sp³-hybridized carbons (Fsp3) is 0.250. The van der Waals surface area contributed by atoms with E-state index in [1.807, 2.05) is 0 Å². The van der Waals surface area contributed by atoms with Crippen LogP contribution in [0.4, 0.5) is 10.1 Å². The zero-order chi connectivity index (χ0) is 22.3. The Labute approximate surface area is 171 Å². The van der Waals surface area contributed by atoms with Gasteiger partial charge >= 0.3 is 0 Å². The zero-order valence-corrected chi connectivity index (χ0v) is 16.1. The molecule has 9 nitrogen and oxygen atoms in total. The van der Waals surface area contributed by atoms with Crippen LogP contribution < -0.4 is 16.4 Å². The van der Waals surface area contributed by atoms with Gasteiger partial charge in [-0.25, -0.2) is 4.39 Å². The molecular formula is C20H21FN4O5. The van der Waals surface area contributed by atoms with Gasteiger partial charge in [0.25, 0.3) is 5.69 Å². The molecule has 0 spiro atoms. The van der Waals surface area contributed by atoms with Crippen molar-refractivity contribution in [2.24, 2.45) is 5.73 Å². The smallest absolute Gasteiger partial charge is 0.272 e. The topological polar surface area (TPSA) is 144 Å². The Bertz CT molecular complexity index is 966. The molecule has 0 bridgehead atoms. The van der Waals surface area contributed by atoms with Crippen molar-refractivity contribution in [2.75, 3.05) is 0 Å². The minimum atomic E-state index is -1.27. The SMILES string of the molecule is CC(=O)N[C@H](Cc1ccccc1F)C(=O)N[C@H](Cc1ccccc1[N+](=O)[O-])C(N)=O. The standard InChI is InChI=1S/C20H21FN4O5/c1-12(26)23-17(10-13-6-2-4-8-15(13)21)20(28)24-16(19(22)27)11-14-7-3-5-9-18(14)25(29)30/h2-9,16-17H,10-11H2,1H3,(H2,22,27)(H,23,26)(H,24,28)/t16-,17-/m1/s1. The van der Waals surface area contributed by atoms with Crippen molar-refractivity contribution in [3.63, 3.8) is 0 Å². The molecule has 30 heavy (non-hydrogen) atoms. The van der Waals surface area contributed by atoms with Crippen LogP contribution in [0.3, 0.4) is 0 Å². The molecule has 0 aliphatic carbocycles. The number of hydrogen-bond acceptors (Lipinski definition) is 5. The van der Waals surface area contributed by atoms with Crippen molar-refractivity contribution < 1.29 is 23.7 Å². The van der Waals surface area contributed by atoms with Crippen LogP contribution in [-0.4, -0.2) is 34.7 Å². The van der Waals surface area contributed by atoms with Crippen LogP contribution in [0.5, 0.6) is 0 Å². The second-order valence-electron chi connectivity index (χ2n) is 6.60. The molecular weight excluding hydrogens is 395 g/mol. The number of nitro benzene ring substituents is 1. The molecule has 158 valence electrons. The van der Waals surface area contributed by atoms with Crippen LogP contribution in [-0.2, 0) is 27.2 Å². The van der Waals surface area contributed by atoms with Crippen molar-refractivity contribution in [1.29, 1.82) is 0 Å². The molecule has 0 heterocycles. The monoisotopic (exact) mass is 416 g/mol. The lowest BCUT2D eigenvalue weighted by atomic mass is 10.0. The van der Waals surface area contributed by atoms with E-state index in [0.717, 1.165) is 0 Å². The van der Waals surface area contributed by atoms with Crippen LogP contribution in [0.25, 0.3) is 0 Å². The van der Waals surface area contributed by atoms with Gasteiger partial charge in [-0.2, -0.15) is 0 Å². The summed E-state index contributed by atoms with van der Waals surface area (Å²) in [5, 5.41) is 16.0. The maximum atomic E-state index is 14.0. The molecule has 0 saturated carbocycles. The Morgan fingerprint density at radius 3 is 2.13 bits per heavy atom. The highest BCUT2D eigenvalue weighted by atomic mass is 19.1. The Hall–Kier alpha value is -3.82. The van der Waals surface area contributed by atoms with Crippen LogP contribution in [0.2, 0.25) is 0 Å². The number of nitrogens with two attached hydrogens (primary N) is 1. The van der Waals surface area contributed by atoms with Gasteiger partial charge in [0.15, 0.2) is 0 Å². The summed E-state index contributed by atoms with van der Waals surface area (Å²) in [6.07, 6.45) is -0.375. The Morgan fingerprint density at radius 2 is 1.57 bits per heavy atom. The van der Waals surface area contributed by atoms with Crippen molar-refractivity contribution in [1.82, 2.24) is 10.6 Å². The summed E-state index contributed by atoms with van der Waals surface area (Å²) in [6, 6.07) is 9.07. The largest absolute Gasteiger partial charge is 0.368 e. The molecule has 2 rings (SSSR count). The summed E-state index contributed by atoms with van der Waals surface area (Å²) in [5.74, 6) is -2.75. The quantitative estimate of drug-likeness (QED) is 0.412. The van der Waals surface area contributed by atoms with Gasteiger partial charge in [-0.3, -0.25) is 24.5 Å². The number of carbonyl (C=O) groups is 3. The predicted molar refractivity (Wildman–Crippen MR) is 106 cm³/mol. The van der Waals surface area contributed by atoms with E-state index >= 15 is 0 Å². The molecule has 2 atom stereocenters. The number of nitrogens with one attached hydrogen (secondary N) is 2. The highest BCUT2D eigenvalue weighted by Gasteiger charge is 2.28. The Morgan fingerprint density at radius 1 is 1.00 bits per heavy atom. The van der Waals surface area contributed by atoms with E-state index in [2.05, 4.69) is 10.6 Å². The van der Waals surface area contributed by atoms with E-state index in [1.54, 1.807) is 12.1 Å². The van der Waals surface area contributed by atoms with E-state index in [1.165, 1.54) is 43.3 Å². The number of primary amides is 1. The average Bonchev–Trinajstić information content (AvgIpc) is 2.68. The van der Waals surface area contributed by atoms with Gasteiger partial charge < -0.3 is 16.4 Å². The molecule has 0 fully saturated rings. The van der Waals surface area contributed by atoms with E-state index in [0.29, 0.717) is 0 Å². The molecule has 2 aromatic carbocycles. The molecule has 10 heteroatoms. The summed E-state index contributed by atoms with van der Waals surface area (Å²) in [6.45, 7) is 1.19. The molecule has 0 aliphatic heterocycles. The highest BCUT2D eigenvalue weighted by Crippen LogP contribution is 2.19. The lowest BCUT2D eigenvalue weighted by molar-refractivity contribution is -0.385. The number of nitrogens with zero attached hydrogens (tertiary/aromatic N) is 1. The zero-order valence-electron chi connectivity index (χ0n) is 16.1. The molecule has 2 aromatic rings. The number of para-hydroxylation sites is 1. The number of hydrogen-bond donors (Lipinski definition) is 3. The number of carbonyl (C=O) groups excluding carboxylic acids is 3. The lowest BCUT2D eigenvalue weighted by Crippen LogP contribution is -2.54. The van der Waals surface area contributed by atoms with E-state index in [4.69, 9.17) is 5.73 Å². The number of rotatable bonds is 9. The Kier molecular flexibility index (Phi) is 7.56. The maximum Gasteiger partial charge on any atom is 0.272 e. The maximum absolute atomic E-state index is 14.0. The second kappa shape index (κ2) is 10.1. The van der Waals surface area contributed by atoms with E-state index in [9.17, 15) is 28.9 Å². The van der Waals surface area contributed by atoms with Crippen LogP contribution >= 0.6 is 0 Å². The van der Waals surface area contributed by atoms with Gasteiger partial charge in [-0.1, -0.05) is 36.4 Å². The number of nitro groups is 1. The van der Waals surface area contributed by atoms with Gasteiger partial charge in [-0.05, 0) is 11.6 Å². The van der Waals surface area contributed by atoms with Gasteiger partial charge in [0, 0.05) is 31.4 Å². The minimum absolute atomic E-state index is 0.158. The number of benzene rings is 2. The number of halogens is 1. The third kappa shape index (κ3) is 6.09. The lowest BCUT2D eigenvalue weighted by Gasteiger charge is -2.22. The first-order valence-electron chi connectivity index (χ1n) is 9.01. The third-order valence-corrected chi connectivity index (χ3v) is 4.35. The van der Waals surface area contributed by atoms with Crippen LogP contribution in [0.1, 0.15) is 18.1 Å². The average molecular weight is 416 g/mol. The summed E-state index contributed by atoms with van der Waals surface area (Å²) >= 11 is 0. The third-order valence-electron chi connectivity index (χ3n) is 4.35. The summed E-state index contributed by atoms with van der Waals surface area (Å²) in [4.78, 5) is 46.7. The number of amides is 3. The fourth-order valence-corrected chi connectivity index (χ4v) is 2.92. The van der Waals surface area contributed by atoms with Gasteiger partial charge in [-0.15, -0.1) is 0 Å². The fourth-order valence-electron chi connectivity index (χ4n) is 2.92. The molecule has 0 aliphatic rings. The molecule has 3 amide bonds. The van der Waals surface area contributed by atoms with Crippen molar-refractivity contribution in [3.05, 3.63) is 75.6 Å². The highest BCUT2D eigenvalue weighted by molar-refractivity contribution is 5.91. The summed E-state index contributed by atoms with van der Waals surface area (Å²) in [7, 11) is 0. The van der Waals surface area contributed by atoms with Crippen molar-refractivity contribution >= 4 is 23.4 Å². The second-order valence-corrected chi connectivity index (χ2v) is 6.60. The van der Waals surface area contributed by atoms with Gasteiger partial charge in [0.1, 0.15) is 17.9 Å². The normalized spacial score (nSPS) is 12.5. The molecule has 0 unspecified atom stereocenters. The summed E-state index contributed by atoms with van der Waals surface area (Å²) in [5.41, 5.74) is 5.55. The van der Waals surface area contributed by atoms with Crippen molar-refractivity contribution in [2.45, 2.75) is 31.8 Å². The first-order valence-corrected chi connectivity index (χ1v) is 9.01. The van der Waals surface area contributed by atoms with Crippen molar-refractivity contribution in [3.8, 4) is 0 Å². The Balaban J connectivity index is 2.22. The minimum Gasteiger partial charge on any atom is -0.368 e. The van der Waals surface area contributed by atoms with E-state index < -0.39 is 40.5 Å². The predicted octanol–water partition coefficient (Wildman–Crippen LogP) is 0.994. The first-order chi connectivity index (χ1) is 14.2. The van der Waals surface area contributed by atoms with Crippen LogP contribution in [0.15, 0.2) is 48.5 Å². The van der Waals surface area contributed by atoms with Gasteiger partial charge in [0.2, 0.25) is 17.7 Å². The summed E-state index contributed by atoms with van der Waals surface area (Å²) < 4.78 is 14.0.